The number of urea groups is 1. The highest BCUT2D eigenvalue weighted by Crippen LogP contribution is 2.69. The summed E-state index contributed by atoms with van der Waals surface area (Å²) in [7, 11) is -11.1. The molecule has 0 bridgehead atoms. The quantitative estimate of drug-likeness (QED) is 0.0676. The lowest BCUT2D eigenvalue weighted by atomic mass is 10.3. The maximum Gasteiger partial charge on any atom is 0.369 e. The summed E-state index contributed by atoms with van der Waals surface area (Å²) in [6, 6.07) is -2.12. The van der Waals surface area contributed by atoms with Gasteiger partial charge < -0.3 is 35.3 Å². The van der Waals surface area contributed by atoms with Gasteiger partial charge in [0.2, 0.25) is 5.91 Å². The van der Waals surface area contributed by atoms with Crippen LogP contribution in [0.5, 0.6) is 0 Å². The topological polar surface area (TPSA) is 226 Å². The fourth-order valence-corrected chi connectivity index (χ4v) is 4.15. The van der Waals surface area contributed by atoms with E-state index in [0.717, 1.165) is 0 Å². The average Bonchev–Trinajstić information content (AvgIpc) is 2.53. The molecule has 1 atom stereocenters. The van der Waals surface area contributed by atoms with E-state index in [1.165, 1.54) is 6.92 Å². The molecule has 0 aliphatic carbocycles. The molecule has 0 aromatic carbocycles. The van der Waals surface area contributed by atoms with Gasteiger partial charge in [0.05, 0.1) is 11.8 Å². The van der Waals surface area contributed by atoms with Gasteiger partial charge in [0.15, 0.2) is 0 Å². The number of nitroso groups, excluding NO2 is 1. The molecule has 0 aromatic heterocycles. The van der Waals surface area contributed by atoms with Crippen LogP contribution in [0.4, 0.5) is 4.79 Å². The number of hydrogen-bond donors (Lipinski definition) is 7. The number of amides is 3. The van der Waals surface area contributed by atoms with Crippen LogP contribution in [0.2, 0.25) is 0 Å². The Labute approximate surface area is 158 Å². The second-order valence-corrected chi connectivity index (χ2v) is 9.71. The number of carbonyl (C=O) groups excluding carboxylic acids is 2. The molecule has 0 aliphatic rings. The van der Waals surface area contributed by atoms with Crippen LogP contribution in [-0.2, 0) is 13.9 Å². The molecule has 14 nitrogen and oxygen atoms in total. The van der Waals surface area contributed by atoms with Crippen LogP contribution in [0.3, 0.4) is 0 Å². The van der Waals surface area contributed by atoms with E-state index < -0.39 is 51.1 Å². The summed E-state index contributed by atoms with van der Waals surface area (Å²) in [6.07, 6.45) is -1.39. The van der Waals surface area contributed by atoms with Gasteiger partial charge in [-0.3, -0.25) is 13.9 Å². The number of carbonyl (C=O) groups is 2. The molecule has 17 heteroatoms. The first-order chi connectivity index (χ1) is 12.2. The standard InChI is InChI=1S/C10H21ClN4O10P2/c1-7(13-9(17)15(14-19)6-4-11)8(16)12-5-2-3-10(18,26(20,21)22)27(23,24)25/h7,18H,2-6H2,1H3,(H,12,16)(H,13,17)(H2,20,21,22)(H2,23,24,25)/t7-/m0/s1. The maximum absolute atomic E-state index is 11.8. The lowest BCUT2D eigenvalue weighted by Crippen LogP contribution is -2.49. The highest BCUT2D eigenvalue weighted by atomic mass is 35.5. The average molecular weight is 455 g/mol. The Morgan fingerprint density at radius 1 is 1.22 bits per heavy atom. The minimum Gasteiger partial charge on any atom is -0.368 e. The molecule has 0 radical (unpaired) electrons. The zero-order valence-electron chi connectivity index (χ0n) is 14.1. The van der Waals surface area contributed by atoms with Gasteiger partial charge in [-0.05, 0) is 13.3 Å². The van der Waals surface area contributed by atoms with Gasteiger partial charge in [-0.2, -0.15) is 5.01 Å². The van der Waals surface area contributed by atoms with Crippen molar-refractivity contribution in [2.24, 2.45) is 5.29 Å². The van der Waals surface area contributed by atoms with Crippen LogP contribution in [0.25, 0.3) is 0 Å². The van der Waals surface area contributed by atoms with Crippen LogP contribution < -0.4 is 10.6 Å². The molecule has 0 saturated carbocycles. The first kappa shape index (κ1) is 25.9. The van der Waals surface area contributed by atoms with E-state index in [2.05, 4.69) is 15.9 Å². The van der Waals surface area contributed by atoms with Crippen molar-refractivity contribution in [1.82, 2.24) is 15.6 Å². The lowest BCUT2D eigenvalue weighted by molar-refractivity contribution is -0.122. The van der Waals surface area contributed by atoms with Crippen molar-refractivity contribution < 1.29 is 43.4 Å². The highest BCUT2D eigenvalue weighted by Gasteiger charge is 2.58. The van der Waals surface area contributed by atoms with Crippen LogP contribution >= 0.6 is 26.8 Å². The number of hydrogen-bond acceptors (Lipinski definition) is 7. The molecule has 3 amide bonds. The van der Waals surface area contributed by atoms with Gasteiger partial charge in [-0.15, -0.1) is 16.5 Å². The second-order valence-electron chi connectivity index (χ2n) is 5.32. The van der Waals surface area contributed by atoms with Crippen molar-refractivity contribution in [3.05, 3.63) is 4.91 Å². The summed E-state index contributed by atoms with van der Waals surface area (Å²) in [5.74, 6) is -0.835. The van der Waals surface area contributed by atoms with Gasteiger partial charge in [0.25, 0.3) is 5.08 Å². The lowest BCUT2D eigenvalue weighted by Gasteiger charge is -2.29. The summed E-state index contributed by atoms with van der Waals surface area (Å²) in [4.78, 5) is 69.8. The van der Waals surface area contributed by atoms with Crippen molar-refractivity contribution in [3.8, 4) is 0 Å². The normalized spacial score (nSPS) is 13.6. The van der Waals surface area contributed by atoms with Gasteiger partial charge >= 0.3 is 21.2 Å². The van der Waals surface area contributed by atoms with E-state index in [9.17, 15) is 28.7 Å². The molecule has 7 N–H and O–H groups in total. The van der Waals surface area contributed by atoms with Crippen molar-refractivity contribution in [1.29, 1.82) is 0 Å². The fourth-order valence-electron chi connectivity index (χ4n) is 1.74. The number of nitrogens with one attached hydrogen (secondary N) is 2. The van der Waals surface area contributed by atoms with Crippen LogP contribution in [0, 0.1) is 4.91 Å². The van der Waals surface area contributed by atoms with E-state index in [1.807, 2.05) is 0 Å². The van der Waals surface area contributed by atoms with E-state index in [-0.39, 0.29) is 19.0 Å². The van der Waals surface area contributed by atoms with E-state index in [0.29, 0.717) is 5.01 Å². The largest absolute Gasteiger partial charge is 0.369 e. The van der Waals surface area contributed by atoms with Crippen LogP contribution in [-0.4, -0.2) is 71.7 Å². The Balaban J connectivity index is 4.63. The van der Waals surface area contributed by atoms with Crippen LogP contribution in [0.1, 0.15) is 19.8 Å². The van der Waals surface area contributed by atoms with Gasteiger partial charge in [-0.25, -0.2) is 4.79 Å². The monoisotopic (exact) mass is 454 g/mol. The van der Waals surface area contributed by atoms with E-state index in [4.69, 9.17) is 31.2 Å². The molecule has 0 aromatic rings. The fraction of sp³-hybridized carbons (Fsp3) is 0.800. The van der Waals surface area contributed by atoms with Gasteiger partial charge in [-0.1, -0.05) is 0 Å². The van der Waals surface area contributed by atoms with Gasteiger partial charge in [0, 0.05) is 18.8 Å². The predicted octanol–water partition coefficient (Wildman–Crippen LogP) is -0.795. The Morgan fingerprint density at radius 3 is 2.15 bits per heavy atom. The second kappa shape index (κ2) is 10.4. The van der Waals surface area contributed by atoms with Crippen molar-refractivity contribution in [2.75, 3.05) is 19.0 Å². The summed E-state index contributed by atoms with van der Waals surface area (Å²) >= 11 is 5.37. The molecule has 0 spiro atoms. The number of nitrogens with zero attached hydrogens (tertiary/aromatic N) is 2. The van der Waals surface area contributed by atoms with Crippen molar-refractivity contribution in [2.45, 2.75) is 30.9 Å². The Bertz CT molecular complexity index is 615. The zero-order valence-corrected chi connectivity index (χ0v) is 16.6. The van der Waals surface area contributed by atoms with Crippen molar-refractivity contribution >= 4 is 38.7 Å². The summed E-state index contributed by atoms with van der Waals surface area (Å²) in [6.45, 7) is 0.756. The molecular weight excluding hydrogens is 434 g/mol. The molecule has 0 fully saturated rings. The third-order valence-electron chi connectivity index (χ3n) is 3.28. The molecule has 27 heavy (non-hydrogen) atoms. The highest BCUT2D eigenvalue weighted by molar-refractivity contribution is 7.72. The van der Waals surface area contributed by atoms with Crippen LogP contribution in [0.15, 0.2) is 5.29 Å². The summed E-state index contributed by atoms with van der Waals surface area (Å²) in [5.41, 5.74) is 0. The number of halogens is 1. The SMILES string of the molecule is C[C@H](NC(=O)N(CCCl)N=O)C(=O)NCCCC(O)(P(=O)(O)O)P(=O)(O)O. The number of rotatable bonds is 11. The first-order valence-corrected chi connectivity index (χ1v) is 11.1. The minimum atomic E-state index is -5.57. The van der Waals surface area contributed by atoms with E-state index in [1.54, 1.807) is 0 Å². The molecule has 0 aliphatic heterocycles. The molecular formula is C10H21ClN4O10P2. The molecule has 0 unspecified atom stereocenters. The number of alkyl halides is 1. The maximum atomic E-state index is 11.8. The third-order valence-corrected chi connectivity index (χ3v) is 7.33. The Kier molecular flexibility index (Phi) is 10.0. The molecule has 0 heterocycles. The molecule has 0 rings (SSSR count). The molecule has 158 valence electrons. The van der Waals surface area contributed by atoms with E-state index >= 15 is 0 Å². The minimum absolute atomic E-state index is 0.0677. The molecule has 0 saturated heterocycles. The predicted molar refractivity (Wildman–Crippen MR) is 92.5 cm³/mol. The zero-order chi connectivity index (χ0) is 21.5. The number of aliphatic hydroxyl groups is 1. The smallest absolute Gasteiger partial charge is 0.368 e. The summed E-state index contributed by atoms with van der Waals surface area (Å²) < 4.78 is 22.3. The Hall–Kier alpha value is -1.11. The summed E-state index contributed by atoms with van der Waals surface area (Å²) in [5, 5.41) is 13.3. The third kappa shape index (κ3) is 7.43. The van der Waals surface area contributed by atoms with Gasteiger partial charge in [0.1, 0.15) is 6.04 Å². The van der Waals surface area contributed by atoms with Crippen molar-refractivity contribution in [3.63, 3.8) is 0 Å². The first-order valence-electron chi connectivity index (χ1n) is 7.30. The Morgan fingerprint density at radius 2 is 1.74 bits per heavy atom.